The molecule has 0 heterocycles. The normalized spacial score (nSPS) is 13.1. The van der Waals surface area contributed by atoms with Gasteiger partial charge < -0.3 is 10.6 Å². The van der Waals surface area contributed by atoms with Gasteiger partial charge in [-0.05, 0) is 19.5 Å². The Kier molecular flexibility index (Phi) is 7.29. The zero-order valence-electron chi connectivity index (χ0n) is 9.90. The van der Waals surface area contributed by atoms with E-state index in [4.69, 9.17) is 0 Å². The number of rotatable bonds is 6. The van der Waals surface area contributed by atoms with Crippen LogP contribution in [0.15, 0.2) is 23.9 Å². The van der Waals surface area contributed by atoms with Gasteiger partial charge in [-0.15, -0.1) is 0 Å². The van der Waals surface area contributed by atoms with E-state index in [1.807, 2.05) is 6.92 Å². The molecule has 0 radical (unpaired) electrons. The molecule has 0 saturated carbocycles. The van der Waals surface area contributed by atoms with E-state index < -0.39 is 12.6 Å². The average molecular weight is 250 g/mol. The standard InChI is InChI=1S/C11H17F3N2O/c1-3-5-9(6-7-11(12,13)14)16-10(17)8-15-4-2/h3,5-6,15H,4,7-8H2,1-2H3,(H,16,17)/b5-3-,9-6+. The van der Waals surface area contributed by atoms with Crippen molar-refractivity contribution in [2.24, 2.45) is 0 Å². The summed E-state index contributed by atoms with van der Waals surface area (Å²) in [5, 5.41) is 5.18. The van der Waals surface area contributed by atoms with E-state index >= 15 is 0 Å². The Balaban J connectivity index is 4.38. The molecule has 6 heteroatoms. The number of nitrogens with one attached hydrogen (secondary N) is 2. The van der Waals surface area contributed by atoms with Gasteiger partial charge in [-0.1, -0.05) is 19.1 Å². The van der Waals surface area contributed by atoms with Crippen molar-refractivity contribution in [3.63, 3.8) is 0 Å². The van der Waals surface area contributed by atoms with Gasteiger partial charge in [0.1, 0.15) is 0 Å². The molecule has 0 rings (SSSR count). The lowest BCUT2D eigenvalue weighted by atomic mass is 10.3. The van der Waals surface area contributed by atoms with Crippen molar-refractivity contribution in [2.45, 2.75) is 26.4 Å². The lowest BCUT2D eigenvalue weighted by Gasteiger charge is -2.08. The molecule has 0 bridgehead atoms. The topological polar surface area (TPSA) is 41.1 Å². The van der Waals surface area contributed by atoms with Gasteiger partial charge in [-0.2, -0.15) is 13.2 Å². The third-order valence-corrected chi connectivity index (χ3v) is 1.72. The van der Waals surface area contributed by atoms with E-state index in [9.17, 15) is 18.0 Å². The van der Waals surface area contributed by atoms with Crippen LogP contribution in [0.5, 0.6) is 0 Å². The van der Waals surface area contributed by atoms with Crippen molar-refractivity contribution < 1.29 is 18.0 Å². The highest BCUT2D eigenvalue weighted by atomic mass is 19.4. The zero-order valence-corrected chi connectivity index (χ0v) is 9.90. The fourth-order valence-electron chi connectivity index (χ4n) is 1.01. The molecule has 17 heavy (non-hydrogen) atoms. The van der Waals surface area contributed by atoms with Crippen LogP contribution in [-0.2, 0) is 4.79 Å². The third kappa shape index (κ3) is 9.62. The maximum Gasteiger partial charge on any atom is 0.392 e. The minimum atomic E-state index is -4.26. The van der Waals surface area contributed by atoms with Gasteiger partial charge in [0, 0.05) is 5.70 Å². The van der Waals surface area contributed by atoms with Crippen molar-refractivity contribution >= 4 is 5.91 Å². The third-order valence-electron chi connectivity index (χ3n) is 1.72. The molecule has 0 aliphatic carbocycles. The molecular formula is C11H17F3N2O. The van der Waals surface area contributed by atoms with Crippen molar-refractivity contribution in [2.75, 3.05) is 13.1 Å². The number of allylic oxidation sites excluding steroid dienone is 3. The first-order valence-electron chi connectivity index (χ1n) is 5.29. The highest BCUT2D eigenvalue weighted by Gasteiger charge is 2.25. The SMILES string of the molecule is C/C=C\C(=C/CC(F)(F)F)NC(=O)CNCC. The fraction of sp³-hybridized carbons (Fsp3) is 0.545. The summed E-state index contributed by atoms with van der Waals surface area (Å²) in [4.78, 5) is 11.3. The van der Waals surface area contributed by atoms with Crippen LogP contribution in [0.2, 0.25) is 0 Å². The van der Waals surface area contributed by atoms with Crippen LogP contribution in [0.25, 0.3) is 0 Å². The van der Waals surface area contributed by atoms with E-state index in [2.05, 4.69) is 10.6 Å². The van der Waals surface area contributed by atoms with Crippen LogP contribution in [-0.4, -0.2) is 25.2 Å². The summed E-state index contributed by atoms with van der Waals surface area (Å²) in [6.07, 6.45) is -1.39. The van der Waals surface area contributed by atoms with Gasteiger partial charge in [0.15, 0.2) is 0 Å². The van der Waals surface area contributed by atoms with Gasteiger partial charge >= 0.3 is 6.18 Å². The maximum absolute atomic E-state index is 12.0. The molecule has 0 aromatic heterocycles. The minimum Gasteiger partial charge on any atom is -0.325 e. The smallest absolute Gasteiger partial charge is 0.325 e. The molecule has 0 unspecified atom stereocenters. The predicted octanol–water partition coefficient (Wildman–Crippen LogP) is 2.12. The lowest BCUT2D eigenvalue weighted by molar-refractivity contribution is -0.125. The molecule has 98 valence electrons. The quantitative estimate of drug-likeness (QED) is 0.709. The number of hydrogen-bond donors (Lipinski definition) is 2. The van der Waals surface area contributed by atoms with Gasteiger partial charge in [-0.25, -0.2) is 0 Å². The summed E-state index contributed by atoms with van der Waals surface area (Å²) < 4.78 is 36.0. The van der Waals surface area contributed by atoms with Crippen molar-refractivity contribution in [1.29, 1.82) is 0 Å². The van der Waals surface area contributed by atoms with E-state index in [0.717, 1.165) is 6.08 Å². The molecule has 0 aromatic carbocycles. The monoisotopic (exact) mass is 250 g/mol. The van der Waals surface area contributed by atoms with E-state index in [1.165, 1.54) is 6.08 Å². The number of hydrogen-bond acceptors (Lipinski definition) is 2. The van der Waals surface area contributed by atoms with Crippen LogP contribution >= 0.6 is 0 Å². The van der Waals surface area contributed by atoms with Crippen LogP contribution in [0.4, 0.5) is 13.2 Å². The van der Waals surface area contributed by atoms with Crippen LogP contribution in [0, 0.1) is 0 Å². The van der Waals surface area contributed by atoms with Crippen molar-refractivity contribution in [3.8, 4) is 0 Å². The number of carbonyl (C=O) groups excluding carboxylic acids is 1. The van der Waals surface area contributed by atoms with E-state index in [-0.39, 0.29) is 18.1 Å². The van der Waals surface area contributed by atoms with Crippen molar-refractivity contribution in [3.05, 3.63) is 23.9 Å². The molecule has 0 saturated heterocycles. The summed E-state index contributed by atoms with van der Waals surface area (Å²) >= 11 is 0. The highest BCUT2D eigenvalue weighted by molar-refractivity contribution is 5.80. The molecule has 1 amide bonds. The van der Waals surface area contributed by atoms with Crippen LogP contribution < -0.4 is 10.6 Å². The van der Waals surface area contributed by atoms with Crippen LogP contribution in [0.3, 0.4) is 0 Å². The first kappa shape index (κ1) is 15.7. The van der Waals surface area contributed by atoms with Crippen LogP contribution in [0.1, 0.15) is 20.3 Å². The molecule has 2 N–H and O–H groups in total. The van der Waals surface area contributed by atoms with Gasteiger partial charge in [0.05, 0.1) is 13.0 Å². The number of likely N-dealkylation sites (N-methyl/N-ethyl adjacent to an activating group) is 1. The van der Waals surface area contributed by atoms with E-state index in [1.54, 1.807) is 13.0 Å². The summed E-state index contributed by atoms with van der Waals surface area (Å²) in [5.41, 5.74) is 0.160. The van der Waals surface area contributed by atoms with E-state index in [0.29, 0.717) is 6.54 Å². The average Bonchev–Trinajstić information content (AvgIpc) is 2.22. The fourth-order valence-corrected chi connectivity index (χ4v) is 1.01. The predicted molar refractivity (Wildman–Crippen MR) is 60.3 cm³/mol. The Morgan fingerprint density at radius 3 is 2.47 bits per heavy atom. The largest absolute Gasteiger partial charge is 0.392 e. The Morgan fingerprint density at radius 2 is 2.00 bits per heavy atom. The lowest BCUT2D eigenvalue weighted by Crippen LogP contribution is -2.33. The molecule has 0 fully saturated rings. The molecule has 0 aliphatic heterocycles. The number of amides is 1. The van der Waals surface area contributed by atoms with Gasteiger partial charge in [0.2, 0.25) is 5.91 Å². The maximum atomic E-state index is 12.0. The Morgan fingerprint density at radius 1 is 1.35 bits per heavy atom. The Labute approximate surface area is 98.8 Å². The Hall–Kier alpha value is -1.30. The number of halogens is 3. The first-order valence-corrected chi connectivity index (χ1v) is 5.29. The molecule has 0 aliphatic rings. The Bertz CT molecular complexity index is 296. The minimum absolute atomic E-state index is 0.0808. The molecule has 0 atom stereocenters. The summed E-state index contributed by atoms with van der Waals surface area (Å²) in [7, 11) is 0. The second kappa shape index (κ2) is 7.89. The first-order chi connectivity index (χ1) is 7.89. The van der Waals surface area contributed by atoms with Gasteiger partial charge in [0.25, 0.3) is 0 Å². The highest BCUT2D eigenvalue weighted by Crippen LogP contribution is 2.20. The summed E-state index contributed by atoms with van der Waals surface area (Å²) in [6, 6.07) is 0. The second-order valence-corrected chi connectivity index (χ2v) is 3.31. The molecule has 3 nitrogen and oxygen atoms in total. The van der Waals surface area contributed by atoms with Crippen molar-refractivity contribution in [1.82, 2.24) is 10.6 Å². The second-order valence-electron chi connectivity index (χ2n) is 3.31. The zero-order chi connectivity index (χ0) is 13.3. The number of carbonyl (C=O) groups is 1. The van der Waals surface area contributed by atoms with Gasteiger partial charge in [-0.3, -0.25) is 4.79 Å². The summed E-state index contributed by atoms with van der Waals surface area (Å²) in [6.45, 7) is 4.20. The molecular weight excluding hydrogens is 233 g/mol. The molecule has 0 aromatic rings. The molecule has 0 spiro atoms. The number of alkyl halides is 3. The summed E-state index contributed by atoms with van der Waals surface area (Å²) in [5.74, 6) is -0.363.